The van der Waals surface area contributed by atoms with E-state index in [1.807, 2.05) is 64.1 Å². The first-order valence-electron chi connectivity index (χ1n) is 18.3. The third-order valence-electron chi connectivity index (χ3n) is 9.32. The van der Waals surface area contributed by atoms with Gasteiger partial charge in [0.15, 0.2) is 11.0 Å². The van der Waals surface area contributed by atoms with E-state index < -0.39 is 17.1 Å². The van der Waals surface area contributed by atoms with Crippen LogP contribution >= 0.6 is 11.6 Å². The third-order valence-corrected chi connectivity index (χ3v) is 10.6. The van der Waals surface area contributed by atoms with Crippen molar-refractivity contribution < 1.29 is 32.7 Å². The fourth-order valence-electron chi connectivity index (χ4n) is 6.72. The van der Waals surface area contributed by atoms with E-state index >= 15 is 0 Å². The van der Waals surface area contributed by atoms with Gasteiger partial charge in [-0.05, 0) is 101 Å². The molecule has 0 bridgehead atoms. The summed E-state index contributed by atoms with van der Waals surface area (Å²) in [7, 11) is -1.71. The summed E-state index contributed by atoms with van der Waals surface area (Å²) in [6, 6.07) is 11.5. The number of amides is 2. The number of aryl methyl sites for hydroxylation is 1. The van der Waals surface area contributed by atoms with Gasteiger partial charge in [-0.25, -0.2) is 9.00 Å². The van der Waals surface area contributed by atoms with E-state index in [0.717, 1.165) is 31.4 Å². The molecule has 0 radical (unpaired) electrons. The van der Waals surface area contributed by atoms with E-state index in [2.05, 4.69) is 29.5 Å². The Morgan fingerprint density at radius 3 is 2.67 bits per heavy atom. The van der Waals surface area contributed by atoms with Crippen LogP contribution in [0.3, 0.4) is 0 Å². The fourth-order valence-corrected chi connectivity index (χ4v) is 7.55. The number of nitrogens with one attached hydrogen (secondary N) is 1. The number of ether oxygens (including phenoxy) is 4. The standard InChI is InChI=1S/C39H56ClN3O7S/c1-7-11-29-22-31(40)13-15-34(29)30-24-42(35-23-33(51(46)41-27-44)14-16-37(35)48-26-30)19-17-28(8-2)36(12-10-21-49-39(4,5)6)50-38(45)43-20-18-32(25-43)47-9-3/h10,12-16,22-23,27-28,30,32,36H,7-9,11,17-21,24-26H2,1-6H3,(H,41,44)/b12-10+. The van der Waals surface area contributed by atoms with Gasteiger partial charge in [0.25, 0.3) is 0 Å². The predicted molar refractivity (Wildman–Crippen MR) is 203 cm³/mol. The number of benzene rings is 2. The van der Waals surface area contributed by atoms with Gasteiger partial charge in [0, 0.05) is 43.1 Å². The number of likely N-dealkylation sites (tertiary alicyclic amines) is 1. The van der Waals surface area contributed by atoms with Crippen LogP contribution in [0.4, 0.5) is 10.5 Å². The Morgan fingerprint density at radius 1 is 1.16 bits per heavy atom. The highest BCUT2D eigenvalue weighted by atomic mass is 35.5. The molecule has 0 aliphatic carbocycles. The molecule has 2 aromatic rings. The molecule has 1 saturated heterocycles. The van der Waals surface area contributed by atoms with Gasteiger partial charge in [0.2, 0.25) is 6.41 Å². The smallest absolute Gasteiger partial charge is 0.410 e. The number of nitrogens with zero attached hydrogens (tertiary/aromatic N) is 2. The zero-order valence-electron chi connectivity index (χ0n) is 31.0. The molecule has 5 atom stereocenters. The number of carbonyl (C=O) groups is 2. The van der Waals surface area contributed by atoms with E-state index in [0.29, 0.717) is 74.5 Å². The molecular formula is C39H56ClN3O7S. The molecule has 12 heteroatoms. The van der Waals surface area contributed by atoms with Crippen LogP contribution in [0.2, 0.25) is 5.02 Å². The summed E-state index contributed by atoms with van der Waals surface area (Å²) in [5, 5.41) is 0.710. The summed E-state index contributed by atoms with van der Waals surface area (Å²) in [5.41, 5.74) is 2.91. The molecule has 2 amide bonds. The predicted octanol–water partition coefficient (Wildman–Crippen LogP) is 7.45. The molecule has 2 aliphatic heterocycles. The Hall–Kier alpha value is -3.12. The van der Waals surface area contributed by atoms with E-state index in [1.54, 1.807) is 11.0 Å². The minimum absolute atomic E-state index is 0.00331. The van der Waals surface area contributed by atoms with E-state index in [9.17, 15) is 13.8 Å². The molecule has 2 heterocycles. The maximum absolute atomic E-state index is 13.5. The van der Waals surface area contributed by atoms with Gasteiger partial charge >= 0.3 is 6.09 Å². The molecule has 0 aromatic heterocycles. The fraction of sp³-hybridized carbons (Fsp3) is 0.590. The van der Waals surface area contributed by atoms with Gasteiger partial charge in [-0.15, -0.1) is 0 Å². The summed E-state index contributed by atoms with van der Waals surface area (Å²) in [6.45, 7) is 16.1. The van der Waals surface area contributed by atoms with Crippen LogP contribution in [0.5, 0.6) is 5.75 Å². The van der Waals surface area contributed by atoms with Crippen molar-refractivity contribution >= 4 is 40.8 Å². The highest BCUT2D eigenvalue weighted by Crippen LogP contribution is 2.38. The van der Waals surface area contributed by atoms with Crippen LogP contribution in [0.25, 0.3) is 0 Å². The summed E-state index contributed by atoms with van der Waals surface area (Å²) in [4.78, 5) is 29.1. The Kier molecular flexibility index (Phi) is 15.7. The van der Waals surface area contributed by atoms with Crippen LogP contribution < -0.4 is 14.4 Å². The Labute approximate surface area is 311 Å². The van der Waals surface area contributed by atoms with E-state index in [4.69, 9.17) is 30.5 Å². The lowest BCUT2D eigenvalue weighted by molar-refractivity contribution is -0.108. The first-order chi connectivity index (χ1) is 24.5. The molecular weight excluding hydrogens is 690 g/mol. The average molecular weight is 746 g/mol. The monoisotopic (exact) mass is 745 g/mol. The number of hydrogen-bond donors (Lipinski definition) is 1. The van der Waals surface area contributed by atoms with Gasteiger partial charge < -0.3 is 28.7 Å². The number of anilines is 1. The molecule has 1 N–H and O–H groups in total. The second-order valence-corrected chi connectivity index (χ2v) is 15.8. The molecule has 51 heavy (non-hydrogen) atoms. The SMILES string of the molecule is CCCc1cc(Cl)ccc1C1COc2ccc(S(=O)NC=O)cc2N(CCC(CC)C(/C=C/COC(C)(C)C)OC(=O)N2CCC(OCC)C2)C1. The lowest BCUT2D eigenvalue weighted by Gasteiger charge is -2.31. The number of hydrogen-bond acceptors (Lipinski definition) is 8. The Bertz CT molecular complexity index is 1500. The lowest BCUT2D eigenvalue weighted by atomic mass is 9.91. The first kappa shape index (κ1) is 40.6. The maximum atomic E-state index is 13.5. The van der Waals surface area contributed by atoms with Crippen molar-refractivity contribution in [2.45, 2.75) is 102 Å². The summed E-state index contributed by atoms with van der Waals surface area (Å²) in [6.07, 6.45) is 7.72. The molecule has 282 valence electrons. The van der Waals surface area contributed by atoms with Crippen molar-refractivity contribution in [1.29, 1.82) is 0 Å². The lowest BCUT2D eigenvalue weighted by Crippen LogP contribution is -2.37. The topological polar surface area (TPSA) is 107 Å². The molecule has 4 rings (SSSR count). The number of rotatable bonds is 17. The minimum Gasteiger partial charge on any atom is -0.491 e. The molecule has 0 spiro atoms. The second kappa shape index (κ2) is 19.6. The normalized spacial score (nSPS) is 19.6. The summed E-state index contributed by atoms with van der Waals surface area (Å²) < 4.78 is 39.6. The number of carbonyl (C=O) groups excluding carboxylic acids is 2. The van der Waals surface area contributed by atoms with Gasteiger partial charge in [-0.2, -0.15) is 0 Å². The van der Waals surface area contributed by atoms with Crippen LogP contribution in [0.15, 0.2) is 53.4 Å². The first-order valence-corrected chi connectivity index (χ1v) is 19.8. The van der Waals surface area contributed by atoms with Crippen LogP contribution in [0, 0.1) is 5.92 Å². The van der Waals surface area contributed by atoms with Gasteiger partial charge in [0.1, 0.15) is 11.9 Å². The quantitative estimate of drug-likeness (QED) is 0.132. The molecule has 0 saturated carbocycles. The Morgan fingerprint density at radius 2 is 1.96 bits per heavy atom. The third kappa shape index (κ3) is 12.0. The number of halogens is 1. The minimum atomic E-state index is -1.71. The van der Waals surface area contributed by atoms with Crippen molar-refractivity contribution in [2.24, 2.45) is 5.92 Å². The molecule has 2 aromatic carbocycles. The zero-order valence-corrected chi connectivity index (χ0v) is 32.6. The summed E-state index contributed by atoms with van der Waals surface area (Å²) in [5.74, 6) is 0.717. The van der Waals surface area contributed by atoms with Gasteiger partial charge in [-0.3, -0.25) is 9.52 Å². The highest BCUT2D eigenvalue weighted by Gasteiger charge is 2.32. The molecule has 10 nitrogen and oxygen atoms in total. The van der Waals surface area contributed by atoms with Crippen LogP contribution in [-0.2, 0) is 36.4 Å². The Balaban J connectivity index is 1.62. The van der Waals surface area contributed by atoms with Crippen molar-refractivity contribution in [3.63, 3.8) is 0 Å². The van der Waals surface area contributed by atoms with E-state index in [-0.39, 0.29) is 29.6 Å². The summed E-state index contributed by atoms with van der Waals surface area (Å²) >= 11 is 6.43. The van der Waals surface area contributed by atoms with E-state index in [1.165, 1.54) is 11.1 Å². The van der Waals surface area contributed by atoms with Crippen molar-refractivity contribution in [1.82, 2.24) is 9.62 Å². The largest absolute Gasteiger partial charge is 0.491 e. The highest BCUT2D eigenvalue weighted by molar-refractivity contribution is 7.83. The van der Waals surface area contributed by atoms with Crippen LogP contribution in [0.1, 0.15) is 84.3 Å². The zero-order chi connectivity index (χ0) is 37.0. The molecule has 1 fully saturated rings. The average Bonchev–Trinajstić information content (AvgIpc) is 3.49. The maximum Gasteiger partial charge on any atom is 0.410 e. The van der Waals surface area contributed by atoms with Gasteiger partial charge in [-0.1, -0.05) is 44.0 Å². The van der Waals surface area contributed by atoms with Crippen molar-refractivity contribution in [2.75, 3.05) is 50.9 Å². The molecule has 5 unspecified atom stereocenters. The van der Waals surface area contributed by atoms with Gasteiger partial charge in [0.05, 0.1) is 42.0 Å². The molecule has 2 aliphatic rings. The number of fused-ring (bicyclic) bond motifs is 1. The van der Waals surface area contributed by atoms with Crippen molar-refractivity contribution in [3.05, 3.63) is 64.7 Å². The van der Waals surface area contributed by atoms with Crippen LogP contribution in [-0.4, -0.2) is 85.4 Å². The second-order valence-electron chi connectivity index (χ2n) is 14.1. The van der Waals surface area contributed by atoms with Crippen molar-refractivity contribution in [3.8, 4) is 5.75 Å².